The van der Waals surface area contributed by atoms with Crippen LogP contribution in [0.4, 0.5) is 10.5 Å². The van der Waals surface area contributed by atoms with Gasteiger partial charge in [0.05, 0.1) is 6.61 Å². The molecule has 1 heterocycles. The summed E-state index contributed by atoms with van der Waals surface area (Å²) in [6, 6.07) is 5.59. The highest BCUT2D eigenvalue weighted by Gasteiger charge is 2.42. The van der Waals surface area contributed by atoms with Crippen molar-refractivity contribution < 1.29 is 19.1 Å². The van der Waals surface area contributed by atoms with E-state index in [0.717, 1.165) is 9.37 Å². The van der Waals surface area contributed by atoms with Crippen LogP contribution in [0.3, 0.4) is 0 Å². The zero-order chi connectivity index (χ0) is 15.6. The number of hydrogen-bond acceptors (Lipinski definition) is 4. The van der Waals surface area contributed by atoms with E-state index >= 15 is 0 Å². The van der Waals surface area contributed by atoms with Gasteiger partial charge in [-0.25, -0.2) is 14.5 Å². The molecule has 0 aliphatic carbocycles. The Morgan fingerprint density at radius 1 is 1.33 bits per heavy atom. The number of esters is 1. The van der Waals surface area contributed by atoms with Gasteiger partial charge in [0.1, 0.15) is 12.6 Å². The average Bonchev–Trinajstić information content (AvgIpc) is 2.74. The Kier molecular flexibility index (Phi) is 4.62. The molecule has 0 bridgehead atoms. The van der Waals surface area contributed by atoms with Gasteiger partial charge >= 0.3 is 12.0 Å². The van der Waals surface area contributed by atoms with Crippen molar-refractivity contribution in [2.75, 3.05) is 18.1 Å². The van der Waals surface area contributed by atoms with Crippen molar-refractivity contribution in [2.24, 2.45) is 0 Å². The molecule has 0 saturated carbocycles. The number of carbonyl (C=O) groups is 3. The molecule has 7 heteroatoms. The number of benzene rings is 1. The highest BCUT2D eigenvalue weighted by atomic mass is 79.9. The maximum Gasteiger partial charge on any atom is 0.332 e. The summed E-state index contributed by atoms with van der Waals surface area (Å²) in [5, 5.41) is 0. The number of imide groups is 1. The molecule has 1 aliphatic heterocycles. The lowest BCUT2D eigenvalue weighted by Gasteiger charge is -2.21. The second-order valence-corrected chi connectivity index (χ2v) is 5.45. The Labute approximate surface area is 130 Å². The van der Waals surface area contributed by atoms with Crippen molar-refractivity contribution in [3.8, 4) is 0 Å². The third-order valence-electron chi connectivity index (χ3n) is 3.15. The number of halogens is 1. The molecule has 0 radical (unpaired) electrons. The van der Waals surface area contributed by atoms with Crippen molar-refractivity contribution in [1.29, 1.82) is 0 Å². The van der Waals surface area contributed by atoms with Gasteiger partial charge in [0.15, 0.2) is 0 Å². The first-order valence-electron chi connectivity index (χ1n) is 6.51. The van der Waals surface area contributed by atoms with Gasteiger partial charge in [-0.15, -0.1) is 0 Å². The molecule has 3 amide bonds. The molecule has 1 saturated heterocycles. The van der Waals surface area contributed by atoms with E-state index in [9.17, 15) is 14.4 Å². The molecule has 0 N–H and O–H groups in total. The number of hydrogen-bond donors (Lipinski definition) is 0. The van der Waals surface area contributed by atoms with Crippen LogP contribution in [-0.4, -0.2) is 42.0 Å². The molecule has 0 aromatic heterocycles. The van der Waals surface area contributed by atoms with Gasteiger partial charge in [0.2, 0.25) is 0 Å². The first-order valence-corrected chi connectivity index (χ1v) is 7.30. The monoisotopic (exact) mass is 354 g/mol. The minimum atomic E-state index is -0.926. The zero-order valence-electron chi connectivity index (χ0n) is 11.7. The Morgan fingerprint density at radius 2 is 1.95 bits per heavy atom. The molecule has 1 aliphatic rings. The molecule has 1 fully saturated rings. The Hall–Kier alpha value is -1.89. The van der Waals surface area contributed by atoms with Gasteiger partial charge in [-0.1, -0.05) is 15.9 Å². The summed E-state index contributed by atoms with van der Waals surface area (Å²) >= 11 is 3.31. The van der Waals surface area contributed by atoms with Crippen molar-refractivity contribution in [2.45, 2.75) is 19.9 Å². The summed E-state index contributed by atoms with van der Waals surface area (Å²) in [6.07, 6.45) is 0. The number of amides is 3. The number of nitrogens with zero attached hydrogens (tertiary/aromatic N) is 2. The van der Waals surface area contributed by atoms with Crippen LogP contribution < -0.4 is 4.90 Å². The summed E-state index contributed by atoms with van der Waals surface area (Å²) < 4.78 is 5.74. The van der Waals surface area contributed by atoms with E-state index in [2.05, 4.69) is 15.9 Å². The fourth-order valence-electron chi connectivity index (χ4n) is 2.09. The number of rotatable bonds is 4. The highest BCUT2D eigenvalue weighted by Crippen LogP contribution is 2.24. The third-order valence-corrected chi connectivity index (χ3v) is 3.68. The molecule has 21 heavy (non-hydrogen) atoms. The average molecular weight is 355 g/mol. The topological polar surface area (TPSA) is 66.9 Å². The Morgan fingerprint density at radius 3 is 2.52 bits per heavy atom. The standard InChI is InChI=1S/C14H15BrN2O4/c1-3-21-13(19)9(2)17-12(18)8-16(14(17)20)11-6-4-10(15)5-7-11/h4-7,9H,3,8H2,1-2H3. The van der Waals surface area contributed by atoms with Crippen molar-refractivity contribution >= 4 is 39.5 Å². The van der Waals surface area contributed by atoms with Crippen LogP contribution in [-0.2, 0) is 14.3 Å². The van der Waals surface area contributed by atoms with E-state index in [-0.39, 0.29) is 13.2 Å². The second-order valence-electron chi connectivity index (χ2n) is 4.54. The summed E-state index contributed by atoms with van der Waals surface area (Å²) in [7, 11) is 0. The van der Waals surface area contributed by atoms with Gasteiger partial charge < -0.3 is 4.74 Å². The van der Waals surface area contributed by atoms with E-state index < -0.39 is 23.9 Å². The quantitative estimate of drug-likeness (QED) is 0.613. The van der Waals surface area contributed by atoms with Crippen LogP contribution in [0.1, 0.15) is 13.8 Å². The summed E-state index contributed by atoms with van der Waals surface area (Å²) in [5.74, 6) is -1.000. The minimum Gasteiger partial charge on any atom is -0.464 e. The summed E-state index contributed by atoms with van der Waals surface area (Å²) in [6.45, 7) is 3.28. The number of ether oxygens (including phenoxy) is 1. The lowest BCUT2D eigenvalue weighted by Crippen LogP contribution is -2.44. The normalized spacial score (nSPS) is 16.3. The molecule has 1 unspecified atom stereocenters. The third kappa shape index (κ3) is 3.07. The Bertz CT molecular complexity index is 573. The maximum atomic E-state index is 12.4. The van der Waals surface area contributed by atoms with Gasteiger partial charge in [-0.2, -0.15) is 0 Å². The van der Waals surface area contributed by atoms with Gasteiger partial charge in [-0.05, 0) is 38.1 Å². The largest absolute Gasteiger partial charge is 0.464 e. The van der Waals surface area contributed by atoms with Gasteiger partial charge in [-0.3, -0.25) is 9.69 Å². The Balaban J connectivity index is 2.20. The highest BCUT2D eigenvalue weighted by molar-refractivity contribution is 9.10. The van der Waals surface area contributed by atoms with Crippen LogP contribution in [0.5, 0.6) is 0 Å². The van der Waals surface area contributed by atoms with Crippen LogP contribution in [0, 0.1) is 0 Å². The van der Waals surface area contributed by atoms with Gasteiger partial charge in [0.25, 0.3) is 5.91 Å². The van der Waals surface area contributed by atoms with E-state index in [4.69, 9.17) is 4.74 Å². The first kappa shape index (κ1) is 15.5. The van der Waals surface area contributed by atoms with Crippen molar-refractivity contribution in [3.63, 3.8) is 0 Å². The van der Waals surface area contributed by atoms with Crippen LogP contribution in [0.25, 0.3) is 0 Å². The molecule has 1 aromatic rings. The number of anilines is 1. The minimum absolute atomic E-state index is 0.0792. The second kappa shape index (κ2) is 6.26. The fourth-order valence-corrected chi connectivity index (χ4v) is 2.35. The van der Waals surface area contributed by atoms with E-state index in [1.54, 1.807) is 31.2 Å². The lowest BCUT2D eigenvalue weighted by atomic mass is 10.3. The van der Waals surface area contributed by atoms with Crippen molar-refractivity contribution in [3.05, 3.63) is 28.7 Å². The van der Waals surface area contributed by atoms with Crippen LogP contribution >= 0.6 is 15.9 Å². The molecular formula is C14H15BrN2O4. The predicted molar refractivity (Wildman–Crippen MR) is 79.8 cm³/mol. The fraction of sp³-hybridized carbons (Fsp3) is 0.357. The van der Waals surface area contributed by atoms with E-state index in [1.165, 1.54) is 11.8 Å². The van der Waals surface area contributed by atoms with Crippen LogP contribution in [0.2, 0.25) is 0 Å². The first-order chi connectivity index (χ1) is 9.95. The SMILES string of the molecule is CCOC(=O)C(C)N1C(=O)CN(c2ccc(Br)cc2)C1=O. The number of carbonyl (C=O) groups excluding carboxylic acids is 3. The summed E-state index contributed by atoms with van der Waals surface area (Å²) in [5.41, 5.74) is 0.607. The number of urea groups is 1. The smallest absolute Gasteiger partial charge is 0.332 e. The molecule has 2 rings (SSSR count). The molecule has 1 atom stereocenters. The van der Waals surface area contributed by atoms with Gasteiger partial charge in [0, 0.05) is 10.2 Å². The maximum absolute atomic E-state index is 12.4. The van der Waals surface area contributed by atoms with Crippen LogP contribution in [0.15, 0.2) is 28.7 Å². The molecule has 112 valence electrons. The summed E-state index contributed by atoms with van der Waals surface area (Å²) in [4.78, 5) is 38.4. The van der Waals surface area contributed by atoms with Crippen molar-refractivity contribution in [1.82, 2.24) is 4.90 Å². The zero-order valence-corrected chi connectivity index (χ0v) is 13.3. The van der Waals surface area contributed by atoms with E-state index in [0.29, 0.717) is 5.69 Å². The molecule has 1 aromatic carbocycles. The molecule has 6 nitrogen and oxygen atoms in total. The molecule has 0 spiro atoms. The predicted octanol–water partition coefficient (Wildman–Crippen LogP) is 2.17. The molecular weight excluding hydrogens is 340 g/mol. The lowest BCUT2D eigenvalue weighted by molar-refractivity contribution is -0.150. The van der Waals surface area contributed by atoms with E-state index in [1.807, 2.05) is 0 Å².